The van der Waals surface area contributed by atoms with Crippen molar-refractivity contribution in [3.05, 3.63) is 66.2 Å². The Bertz CT molecular complexity index is 1020. The van der Waals surface area contributed by atoms with E-state index >= 15 is 0 Å². The normalized spacial score (nSPS) is 22.0. The van der Waals surface area contributed by atoms with Gasteiger partial charge in [0.15, 0.2) is 15.0 Å². The number of hydrogen-bond acceptors (Lipinski definition) is 6. The van der Waals surface area contributed by atoms with Crippen molar-refractivity contribution in [2.45, 2.75) is 24.8 Å². The zero-order valence-electron chi connectivity index (χ0n) is 16.3. The van der Waals surface area contributed by atoms with Crippen LogP contribution in [0.5, 0.6) is 5.75 Å². The molecule has 0 aliphatic carbocycles. The van der Waals surface area contributed by atoms with Crippen LogP contribution in [-0.4, -0.2) is 43.0 Å². The van der Waals surface area contributed by atoms with Crippen LogP contribution in [0.4, 0.5) is 5.69 Å². The molecule has 1 saturated heterocycles. The van der Waals surface area contributed by atoms with Crippen LogP contribution in [0, 0.1) is 0 Å². The fourth-order valence-corrected chi connectivity index (χ4v) is 7.35. The third-order valence-electron chi connectivity index (χ3n) is 5.05. The Hall–Kier alpha value is -2.25. The average molecular weight is 429 g/mol. The Morgan fingerprint density at radius 2 is 1.90 bits per heavy atom. The Balaban J connectivity index is 1.62. The summed E-state index contributed by atoms with van der Waals surface area (Å²) < 4.78 is 29.4. The van der Waals surface area contributed by atoms with Crippen LogP contribution in [0.3, 0.4) is 0 Å². The van der Waals surface area contributed by atoms with E-state index in [1.165, 1.54) is 0 Å². The number of aliphatic imine (C=N–C) groups is 1. The largest absolute Gasteiger partial charge is 0.494 e. The molecular formula is C22H24N2O3S2. The number of amidine groups is 1. The lowest BCUT2D eigenvalue weighted by atomic mass is 10.1. The van der Waals surface area contributed by atoms with Crippen LogP contribution in [0.15, 0.2) is 60.1 Å². The standard InChI is InChI=1S/C22H24N2O3S2/c1-3-16-5-7-17(8-6-16)13-24(18-9-11-19(12-10-18)27-4-2)22-23-20-14-29(25,26)15-21(20)28-22/h3,5-12,20-21H,1,4,13-15H2,2H3/t20-,21-/m1/s1. The van der Waals surface area contributed by atoms with Crippen LogP contribution in [0.2, 0.25) is 0 Å². The van der Waals surface area contributed by atoms with E-state index in [0.717, 1.165) is 27.7 Å². The van der Waals surface area contributed by atoms with Crippen molar-refractivity contribution in [2.75, 3.05) is 23.0 Å². The third-order valence-corrected chi connectivity index (χ3v) is 8.30. The predicted octanol–water partition coefficient (Wildman–Crippen LogP) is 4.00. The fraction of sp³-hybridized carbons (Fsp3) is 0.318. The van der Waals surface area contributed by atoms with Gasteiger partial charge in [0.1, 0.15) is 5.75 Å². The lowest BCUT2D eigenvalue weighted by Gasteiger charge is -2.25. The molecule has 5 nitrogen and oxygen atoms in total. The number of ether oxygens (including phenoxy) is 1. The summed E-state index contributed by atoms with van der Waals surface area (Å²) in [5, 5.41) is 0.898. The van der Waals surface area contributed by atoms with Crippen LogP contribution in [0.1, 0.15) is 18.1 Å². The Labute approximate surface area is 176 Å². The summed E-state index contributed by atoms with van der Waals surface area (Å²) in [4.78, 5) is 6.95. The number of benzene rings is 2. The number of hydrogen-bond donors (Lipinski definition) is 0. The third kappa shape index (κ3) is 4.51. The molecule has 2 heterocycles. The van der Waals surface area contributed by atoms with Gasteiger partial charge in [-0.25, -0.2) is 8.42 Å². The number of sulfone groups is 1. The van der Waals surface area contributed by atoms with E-state index in [4.69, 9.17) is 9.73 Å². The van der Waals surface area contributed by atoms with Gasteiger partial charge in [-0.05, 0) is 42.3 Å². The number of rotatable bonds is 6. The van der Waals surface area contributed by atoms with Gasteiger partial charge in [0, 0.05) is 10.9 Å². The molecule has 0 aromatic heterocycles. The van der Waals surface area contributed by atoms with E-state index in [1.54, 1.807) is 11.8 Å². The first-order valence-electron chi connectivity index (χ1n) is 9.64. The first-order chi connectivity index (χ1) is 14.0. The van der Waals surface area contributed by atoms with E-state index in [0.29, 0.717) is 13.2 Å². The van der Waals surface area contributed by atoms with Gasteiger partial charge in [-0.15, -0.1) is 0 Å². The van der Waals surface area contributed by atoms with Crippen LogP contribution >= 0.6 is 11.8 Å². The van der Waals surface area contributed by atoms with Crippen molar-refractivity contribution in [3.63, 3.8) is 0 Å². The van der Waals surface area contributed by atoms with Crippen molar-refractivity contribution in [2.24, 2.45) is 4.99 Å². The first-order valence-corrected chi connectivity index (χ1v) is 12.3. The molecule has 0 spiro atoms. The summed E-state index contributed by atoms with van der Waals surface area (Å²) in [5.41, 5.74) is 3.24. The minimum absolute atomic E-state index is 0.0170. The van der Waals surface area contributed by atoms with Gasteiger partial charge in [0.2, 0.25) is 0 Å². The molecule has 0 N–H and O–H groups in total. The summed E-state index contributed by atoms with van der Waals surface area (Å²) in [7, 11) is -2.97. The van der Waals surface area contributed by atoms with Crippen molar-refractivity contribution >= 4 is 38.5 Å². The smallest absolute Gasteiger partial charge is 0.164 e. The molecule has 29 heavy (non-hydrogen) atoms. The minimum Gasteiger partial charge on any atom is -0.494 e. The van der Waals surface area contributed by atoms with Gasteiger partial charge < -0.3 is 9.64 Å². The molecule has 0 saturated carbocycles. The predicted molar refractivity (Wildman–Crippen MR) is 122 cm³/mol. The Morgan fingerprint density at radius 3 is 2.52 bits per heavy atom. The van der Waals surface area contributed by atoms with Gasteiger partial charge >= 0.3 is 0 Å². The number of thioether (sulfide) groups is 1. The van der Waals surface area contributed by atoms with Gasteiger partial charge in [0.05, 0.1) is 30.7 Å². The molecule has 4 rings (SSSR count). The number of nitrogens with zero attached hydrogens (tertiary/aromatic N) is 2. The van der Waals surface area contributed by atoms with E-state index in [9.17, 15) is 8.42 Å². The van der Waals surface area contributed by atoms with E-state index in [2.05, 4.69) is 23.6 Å². The maximum atomic E-state index is 11.9. The lowest BCUT2D eigenvalue weighted by molar-refractivity contribution is 0.340. The highest BCUT2D eigenvalue weighted by Gasteiger charge is 2.44. The fourth-order valence-electron chi connectivity index (χ4n) is 3.57. The molecule has 0 radical (unpaired) electrons. The second-order valence-electron chi connectivity index (χ2n) is 7.17. The second kappa shape index (κ2) is 8.24. The SMILES string of the molecule is C=Cc1ccc(CN(C2=N[C@@H]3CS(=O)(=O)C[C@H]3S2)c2ccc(OCC)cc2)cc1. The number of fused-ring (bicyclic) bond motifs is 1. The summed E-state index contributed by atoms with van der Waals surface area (Å²) in [6.45, 7) is 7.05. The van der Waals surface area contributed by atoms with Crippen LogP contribution in [-0.2, 0) is 16.4 Å². The van der Waals surface area contributed by atoms with Crippen molar-refractivity contribution < 1.29 is 13.2 Å². The minimum atomic E-state index is -2.97. The maximum Gasteiger partial charge on any atom is 0.164 e. The summed E-state index contributed by atoms with van der Waals surface area (Å²) in [6.07, 6.45) is 1.83. The van der Waals surface area contributed by atoms with Crippen LogP contribution in [0.25, 0.3) is 6.08 Å². The molecule has 2 aromatic rings. The van der Waals surface area contributed by atoms with Crippen LogP contribution < -0.4 is 9.64 Å². The highest BCUT2D eigenvalue weighted by molar-refractivity contribution is 8.15. The van der Waals surface area contributed by atoms with Crippen molar-refractivity contribution in [1.82, 2.24) is 0 Å². The van der Waals surface area contributed by atoms with Crippen molar-refractivity contribution in [3.8, 4) is 5.75 Å². The van der Waals surface area contributed by atoms with E-state index in [-0.39, 0.29) is 22.8 Å². The Kier molecular flexibility index (Phi) is 5.69. The average Bonchev–Trinajstić information content (AvgIpc) is 3.21. The molecule has 2 aliphatic rings. The summed E-state index contributed by atoms with van der Waals surface area (Å²) in [6, 6.07) is 16.1. The topological polar surface area (TPSA) is 59.0 Å². The van der Waals surface area contributed by atoms with E-state index < -0.39 is 9.84 Å². The molecule has 7 heteroatoms. The summed E-state index contributed by atoms with van der Waals surface area (Å²) in [5.74, 6) is 1.19. The molecule has 2 aliphatic heterocycles. The number of anilines is 1. The molecule has 0 bridgehead atoms. The zero-order valence-corrected chi connectivity index (χ0v) is 18.0. The van der Waals surface area contributed by atoms with Crippen molar-refractivity contribution in [1.29, 1.82) is 0 Å². The highest BCUT2D eigenvalue weighted by atomic mass is 32.2. The summed E-state index contributed by atoms with van der Waals surface area (Å²) >= 11 is 1.58. The van der Waals surface area contributed by atoms with Gasteiger partial charge in [-0.2, -0.15) is 0 Å². The molecule has 152 valence electrons. The molecule has 1 fully saturated rings. The quantitative estimate of drug-likeness (QED) is 0.696. The van der Waals surface area contributed by atoms with Gasteiger partial charge in [-0.3, -0.25) is 4.99 Å². The first kappa shape index (κ1) is 20.0. The van der Waals surface area contributed by atoms with Gasteiger partial charge in [-0.1, -0.05) is 48.7 Å². The molecular weight excluding hydrogens is 404 g/mol. The molecule has 0 unspecified atom stereocenters. The maximum absolute atomic E-state index is 11.9. The highest BCUT2D eigenvalue weighted by Crippen LogP contribution is 2.37. The Morgan fingerprint density at radius 1 is 1.17 bits per heavy atom. The molecule has 2 aromatic carbocycles. The second-order valence-corrected chi connectivity index (χ2v) is 10.5. The zero-order chi connectivity index (χ0) is 20.4. The van der Waals surface area contributed by atoms with E-state index in [1.807, 2.05) is 49.4 Å². The molecule has 0 amide bonds. The van der Waals surface area contributed by atoms with Gasteiger partial charge in [0.25, 0.3) is 0 Å². The lowest BCUT2D eigenvalue weighted by Crippen LogP contribution is -2.28. The monoisotopic (exact) mass is 428 g/mol. The molecule has 2 atom stereocenters.